The molecule has 0 aliphatic heterocycles. The lowest BCUT2D eigenvalue weighted by molar-refractivity contribution is 0.131. The van der Waals surface area contributed by atoms with E-state index in [1.165, 1.54) is 97.6 Å². The molecule has 0 saturated heterocycles. The van der Waals surface area contributed by atoms with Crippen LogP contribution in [0.25, 0.3) is 0 Å². The van der Waals surface area contributed by atoms with Crippen LogP contribution in [-0.4, -0.2) is 6.21 Å². The minimum atomic E-state index is -0.333. The quantitative estimate of drug-likeness (QED) is 0.0720. The smallest absolute Gasteiger partial charge is 0.0621 e. The van der Waals surface area contributed by atoms with Gasteiger partial charge in [0, 0.05) is 17.0 Å². The fourth-order valence-corrected chi connectivity index (χ4v) is 8.13. The number of nitrogens with zero attached hydrogens (tertiary/aromatic N) is 1. The summed E-state index contributed by atoms with van der Waals surface area (Å²) in [7, 11) is 0. The lowest BCUT2D eigenvalue weighted by Crippen LogP contribution is -2.33. The number of hydrogen-bond donors (Lipinski definition) is 0. The molecule has 384 valence electrons. The van der Waals surface area contributed by atoms with Crippen LogP contribution in [0.3, 0.4) is 0 Å². The van der Waals surface area contributed by atoms with Crippen LogP contribution in [0.1, 0.15) is 247 Å². The van der Waals surface area contributed by atoms with Crippen molar-refractivity contribution in [1.82, 2.24) is 0 Å². The average Bonchev–Trinajstić information content (AvgIpc) is 3.29. The van der Waals surface area contributed by atoms with Gasteiger partial charge in [0.2, 0.25) is 0 Å². The molecule has 2 aliphatic carbocycles. The Morgan fingerprint density at radius 3 is 1.50 bits per heavy atom. The number of allylic oxidation sites excluding steroid dienone is 6. The zero-order valence-electron chi connectivity index (χ0n) is 49.5. The third-order valence-corrected chi connectivity index (χ3v) is 12.8. The van der Waals surface area contributed by atoms with E-state index < -0.39 is 0 Å². The summed E-state index contributed by atoms with van der Waals surface area (Å²) in [5.41, 5.74) is 10.5. The standard InChI is InChI=1S/C35H51N.C8H18.C6H12.C4H10.3C2H6.2C2H4.C2H2/c1-13-27(8)29(10)34(12,24-32(25(4)5)36-15-3)30-17-18-31(28(9)23-30)35(14-2,26(6)7)22-21-33(11)19-16-20-33;1-5-7-8(3,4)6-2;1-5-3-6(2)4-5;1-4(2)3;6*1-2/h13,15,17-18,23-24H,1,4,6,14,16,19-22H2,2-3,5,7-12H3;5-7H2,1-4H3;5-6H,3-4H2,1-2H3;4H,1-3H3;3*1-2H3;2*1-2H2;1-2H/b29-27+,32-24+,36-15?;;;;;;;;;. The van der Waals surface area contributed by atoms with E-state index >= 15 is 0 Å². The summed E-state index contributed by atoms with van der Waals surface area (Å²) in [5, 5.41) is 0. The summed E-state index contributed by atoms with van der Waals surface area (Å²) in [4.78, 5) is 4.65. The van der Waals surface area contributed by atoms with Crippen LogP contribution in [0.2, 0.25) is 0 Å². The summed E-state index contributed by atoms with van der Waals surface area (Å²) < 4.78 is 0. The van der Waals surface area contributed by atoms with Gasteiger partial charge in [-0.05, 0) is 157 Å². The molecule has 2 saturated carbocycles. The summed E-state index contributed by atoms with van der Waals surface area (Å²) in [6.45, 7) is 77.0. The van der Waals surface area contributed by atoms with Crippen LogP contribution < -0.4 is 0 Å². The molecular weight excluding hydrogens is 795 g/mol. The molecule has 2 unspecified atom stereocenters. The number of terminal acetylenes is 1. The van der Waals surface area contributed by atoms with E-state index in [0.29, 0.717) is 10.8 Å². The van der Waals surface area contributed by atoms with E-state index in [1.807, 2.05) is 67.7 Å². The van der Waals surface area contributed by atoms with E-state index in [2.05, 4.69) is 199 Å². The molecule has 1 aromatic rings. The van der Waals surface area contributed by atoms with Crippen LogP contribution in [0.15, 0.2) is 109 Å². The predicted molar refractivity (Wildman–Crippen MR) is 316 cm³/mol. The van der Waals surface area contributed by atoms with Crippen molar-refractivity contribution in [3.05, 3.63) is 121 Å². The van der Waals surface area contributed by atoms with Crippen molar-refractivity contribution in [2.45, 2.75) is 248 Å². The van der Waals surface area contributed by atoms with E-state index in [4.69, 9.17) is 0 Å². The van der Waals surface area contributed by atoms with Crippen molar-refractivity contribution in [3.8, 4) is 12.8 Å². The molecule has 66 heavy (non-hydrogen) atoms. The SMILES string of the molecule is C#C.C=C.C=C.C=C/C(C)=C(\C)C(C)(/C=C(/N=CC)C(=C)C)c1ccc(C(CC)(CCC2(C)CCC2)C(=C)C)c(C)c1.CC.CC.CC.CC(C)C.CC1CC(C)C1.CCCC(C)(C)CC. The summed E-state index contributed by atoms with van der Waals surface area (Å²) in [6.07, 6.45) is 28.6. The molecular formula is C65H119N. The first-order valence-corrected chi connectivity index (χ1v) is 26.2. The highest BCUT2D eigenvalue weighted by atomic mass is 14.7. The Labute approximate surface area is 419 Å². The third-order valence-electron chi connectivity index (χ3n) is 12.8. The summed E-state index contributed by atoms with van der Waals surface area (Å²) in [6, 6.07) is 7.12. The summed E-state index contributed by atoms with van der Waals surface area (Å²) >= 11 is 0. The molecule has 3 rings (SSSR count). The van der Waals surface area contributed by atoms with Crippen molar-refractivity contribution >= 4 is 6.21 Å². The lowest BCUT2D eigenvalue weighted by atomic mass is 9.61. The lowest BCUT2D eigenvalue weighted by Gasteiger charge is -2.44. The molecule has 0 radical (unpaired) electrons. The maximum atomic E-state index is 4.65. The highest BCUT2D eigenvalue weighted by Gasteiger charge is 2.39. The van der Waals surface area contributed by atoms with Crippen LogP contribution in [-0.2, 0) is 10.8 Å². The Morgan fingerprint density at radius 2 is 1.26 bits per heavy atom. The number of aryl methyl sites for hydroxylation is 1. The third kappa shape index (κ3) is 30.1. The molecule has 1 heteroatoms. The fraction of sp³-hybridized carbons (Fsp3) is 0.646. The number of rotatable bonds is 15. The van der Waals surface area contributed by atoms with Gasteiger partial charge in [-0.1, -0.05) is 198 Å². The number of hydrogen-bond acceptors (Lipinski definition) is 1. The van der Waals surface area contributed by atoms with Gasteiger partial charge in [-0.2, -0.15) is 0 Å². The molecule has 2 fully saturated rings. The zero-order valence-corrected chi connectivity index (χ0v) is 49.5. The van der Waals surface area contributed by atoms with Crippen molar-refractivity contribution in [2.24, 2.45) is 33.6 Å². The Kier molecular flexibility index (Phi) is 51.4. The van der Waals surface area contributed by atoms with Gasteiger partial charge in [-0.15, -0.1) is 39.2 Å². The zero-order chi connectivity index (χ0) is 54.1. The first-order valence-electron chi connectivity index (χ1n) is 26.2. The topological polar surface area (TPSA) is 12.4 Å². The maximum Gasteiger partial charge on any atom is 0.0621 e. The molecule has 0 amide bonds. The Hall–Kier alpha value is -3.37. The van der Waals surface area contributed by atoms with E-state index in [-0.39, 0.29) is 10.8 Å². The monoisotopic (exact) mass is 914 g/mol. The van der Waals surface area contributed by atoms with Gasteiger partial charge >= 0.3 is 0 Å². The van der Waals surface area contributed by atoms with Crippen LogP contribution >= 0.6 is 0 Å². The van der Waals surface area contributed by atoms with Crippen molar-refractivity contribution in [3.63, 3.8) is 0 Å². The van der Waals surface area contributed by atoms with Gasteiger partial charge in [0.15, 0.2) is 0 Å². The average molecular weight is 915 g/mol. The van der Waals surface area contributed by atoms with Crippen LogP contribution in [0.4, 0.5) is 0 Å². The first kappa shape index (κ1) is 76.9. The van der Waals surface area contributed by atoms with Crippen molar-refractivity contribution in [1.29, 1.82) is 0 Å². The Morgan fingerprint density at radius 1 is 0.818 bits per heavy atom. The molecule has 0 spiro atoms. The van der Waals surface area contributed by atoms with Gasteiger partial charge in [-0.3, -0.25) is 4.99 Å². The minimum Gasteiger partial charge on any atom is -0.262 e. The van der Waals surface area contributed by atoms with Crippen LogP contribution in [0, 0.1) is 48.4 Å². The van der Waals surface area contributed by atoms with Crippen molar-refractivity contribution < 1.29 is 0 Å². The second-order valence-electron chi connectivity index (χ2n) is 19.5. The molecule has 2 aliphatic rings. The van der Waals surface area contributed by atoms with Gasteiger partial charge in [-0.25, -0.2) is 0 Å². The van der Waals surface area contributed by atoms with Gasteiger partial charge < -0.3 is 0 Å². The van der Waals surface area contributed by atoms with Crippen LogP contribution in [0.5, 0.6) is 0 Å². The van der Waals surface area contributed by atoms with Gasteiger partial charge in [0.1, 0.15) is 0 Å². The maximum absolute atomic E-state index is 4.65. The first-order chi connectivity index (χ1) is 30.9. The fourth-order valence-electron chi connectivity index (χ4n) is 8.13. The molecule has 0 N–H and O–H groups in total. The number of aliphatic imine (C=N–C) groups is 1. The second-order valence-corrected chi connectivity index (χ2v) is 19.5. The highest BCUT2D eigenvalue weighted by Crippen LogP contribution is 2.50. The van der Waals surface area contributed by atoms with Gasteiger partial charge in [0.05, 0.1) is 5.70 Å². The van der Waals surface area contributed by atoms with E-state index in [1.54, 1.807) is 0 Å². The Balaban J connectivity index is -0.000000188. The molecule has 0 aromatic heterocycles. The molecule has 0 heterocycles. The van der Waals surface area contributed by atoms with E-state index in [9.17, 15) is 0 Å². The van der Waals surface area contributed by atoms with Crippen molar-refractivity contribution in [2.75, 3.05) is 0 Å². The minimum absolute atomic E-state index is 0.0186. The predicted octanol–water partition coefficient (Wildman–Crippen LogP) is 22.4. The molecule has 1 aromatic carbocycles. The molecule has 2 atom stereocenters. The normalized spacial score (nSPS) is 17.2. The molecule has 0 bridgehead atoms. The largest absolute Gasteiger partial charge is 0.262 e. The second kappa shape index (κ2) is 44.2. The van der Waals surface area contributed by atoms with E-state index in [0.717, 1.165) is 35.4 Å². The highest BCUT2D eigenvalue weighted by molar-refractivity contribution is 5.58. The molecule has 1 nitrogen and oxygen atoms in total. The summed E-state index contributed by atoms with van der Waals surface area (Å²) in [5.74, 6) is 2.92. The van der Waals surface area contributed by atoms with Gasteiger partial charge in [0.25, 0.3) is 0 Å². The number of benzene rings is 1. The Bertz CT molecular complexity index is 1470.